The van der Waals surface area contributed by atoms with Crippen molar-refractivity contribution in [2.24, 2.45) is 7.05 Å². The van der Waals surface area contributed by atoms with Crippen LogP contribution in [0.3, 0.4) is 0 Å². The number of phenolic OH excluding ortho intramolecular Hbond substituents is 1. The smallest absolute Gasteiger partial charge is 0.127 e. The van der Waals surface area contributed by atoms with Crippen LogP contribution >= 0.6 is 0 Å². The first-order chi connectivity index (χ1) is 8.65. The molecule has 4 nitrogen and oxygen atoms in total. The molecule has 2 N–H and O–H groups in total. The van der Waals surface area contributed by atoms with Gasteiger partial charge in [0.15, 0.2) is 0 Å². The summed E-state index contributed by atoms with van der Waals surface area (Å²) in [5.74, 6) is 0.538. The highest BCUT2D eigenvalue weighted by molar-refractivity contribution is 5.28. The van der Waals surface area contributed by atoms with Crippen molar-refractivity contribution >= 4 is 0 Å². The van der Waals surface area contributed by atoms with Gasteiger partial charge in [0, 0.05) is 45.0 Å². The first-order valence-corrected chi connectivity index (χ1v) is 5.80. The molecular formula is C13H16FN3O. The molecule has 0 saturated carbocycles. The molecule has 5 heteroatoms. The van der Waals surface area contributed by atoms with Gasteiger partial charge in [-0.3, -0.25) is 0 Å². The van der Waals surface area contributed by atoms with Crippen molar-refractivity contribution in [1.29, 1.82) is 0 Å². The van der Waals surface area contributed by atoms with Gasteiger partial charge < -0.3 is 15.0 Å². The maximum atomic E-state index is 13.0. The zero-order valence-corrected chi connectivity index (χ0v) is 10.2. The lowest BCUT2D eigenvalue weighted by Crippen LogP contribution is -2.18. The van der Waals surface area contributed by atoms with Crippen LogP contribution in [0.25, 0.3) is 0 Å². The second kappa shape index (κ2) is 5.64. The van der Waals surface area contributed by atoms with Crippen LogP contribution in [0.2, 0.25) is 0 Å². The van der Waals surface area contributed by atoms with E-state index >= 15 is 0 Å². The number of halogens is 1. The molecule has 0 aliphatic heterocycles. The summed E-state index contributed by atoms with van der Waals surface area (Å²) in [7, 11) is 1.95. The molecule has 0 aliphatic rings. The van der Waals surface area contributed by atoms with Crippen LogP contribution in [-0.4, -0.2) is 21.2 Å². The molecule has 96 valence electrons. The van der Waals surface area contributed by atoms with Crippen LogP contribution in [0, 0.1) is 5.82 Å². The van der Waals surface area contributed by atoms with E-state index in [0.29, 0.717) is 6.54 Å². The lowest BCUT2D eigenvalue weighted by atomic mass is 10.2. The van der Waals surface area contributed by atoms with E-state index in [-0.39, 0.29) is 5.75 Å². The maximum Gasteiger partial charge on any atom is 0.127 e. The van der Waals surface area contributed by atoms with Crippen LogP contribution in [0.5, 0.6) is 5.75 Å². The number of rotatable bonds is 5. The Bertz CT molecular complexity index is 504. The summed E-state index contributed by atoms with van der Waals surface area (Å²) in [5.41, 5.74) is 0.729. The van der Waals surface area contributed by atoms with Gasteiger partial charge in [0.05, 0.1) is 0 Å². The number of benzene rings is 1. The third kappa shape index (κ3) is 3.30. The van der Waals surface area contributed by atoms with E-state index in [9.17, 15) is 9.50 Å². The molecule has 0 radical (unpaired) electrons. The van der Waals surface area contributed by atoms with Gasteiger partial charge in [-0.2, -0.15) is 0 Å². The Labute approximate surface area is 105 Å². The van der Waals surface area contributed by atoms with Gasteiger partial charge in [-0.15, -0.1) is 0 Å². The Morgan fingerprint density at radius 2 is 2.22 bits per heavy atom. The minimum atomic E-state index is -0.420. The zero-order valence-electron chi connectivity index (χ0n) is 10.2. The first kappa shape index (κ1) is 12.6. The molecule has 0 amide bonds. The number of aromatic hydroxyl groups is 1. The van der Waals surface area contributed by atoms with Crippen LogP contribution < -0.4 is 5.32 Å². The van der Waals surface area contributed by atoms with Gasteiger partial charge in [-0.1, -0.05) is 0 Å². The molecule has 0 spiro atoms. The van der Waals surface area contributed by atoms with E-state index in [1.165, 1.54) is 6.07 Å². The largest absolute Gasteiger partial charge is 0.508 e. The van der Waals surface area contributed by atoms with E-state index in [1.54, 1.807) is 12.3 Å². The Kier molecular flexibility index (Phi) is 3.94. The topological polar surface area (TPSA) is 50.1 Å². The summed E-state index contributed by atoms with van der Waals surface area (Å²) in [6.07, 6.45) is 4.48. The first-order valence-electron chi connectivity index (χ1n) is 5.80. The van der Waals surface area contributed by atoms with Gasteiger partial charge in [-0.25, -0.2) is 9.37 Å². The Hall–Kier alpha value is -1.88. The van der Waals surface area contributed by atoms with E-state index in [1.807, 2.05) is 17.8 Å². The summed E-state index contributed by atoms with van der Waals surface area (Å²) >= 11 is 0. The fourth-order valence-corrected chi connectivity index (χ4v) is 1.81. The number of hydrogen-bond donors (Lipinski definition) is 2. The lowest BCUT2D eigenvalue weighted by Gasteiger charge is -2.06. The van der Waals surface area contributed by atoms with Crippen molar-refractivity contribution in [1.82, 2.24) is 14.9 Å². The van der Waals surface area contributed by atoms with E-state index in [4.69, 9.17) is 0 Å². The second-order valence-electron chi connectivity index (χ2n) is 4.20. The van der Waals surface area contributed by atoms with E-state index in [2.05, 4.69) is 10.3 Å². The number of aryl methyl sites for hydroxylation is 1. The average Bonchev–Trinajstić information content (AvgIpc) is 2.69. The van der Waals surface area contributed by atoms with Gasteiger partial charge in [0.2, 0.25) is 0 Å². The van der Waals surface area contributed by atoms with Gasteiger partial charge >= 0.3 is 0 Å². The lowest BCUT2D eigenvalue weighted by molar-refractivity contribution is 0.467. The number of aromatic nitrogens is 2. The quantitative estimate of drug-likeness (QED) is 0.791. The van der Waals surface area contributed by atoms with Crippen molar-refractivity contribution in [3.63, 3.8) is 0 Å². The molecule has 2 aromatic rings. The van der Waals surface area contributed by atoms with Gasteiger partial charge in [-0.05, 0) is 17.7 Å². The molecule has 18 heavy (non-hydrogen) atoms. The molecule has 0 bridgehead atoms. The van der Waals surface area contributed by atoms with Crippen molar-refractivity contribution in [3.8, 4) is 5.75 Å². The maximum absolute atomic E-state index is 13.0. The van der Waals surface area contributed by atoms with E-state index < -0.39 is 5.82 Å². The number of hydrogen-bond acceptors (Lipinski definition) is 3. The number of imidazole rings is 1. The van der Waals surface area contributed by atoms with Crippen LogP contribution in [0.4, 0.5) is 4.39 Å². The predicted molar refractivity (Wildman–Crippen MR) is 66.7 cm³/mol. The molecule has 0 fully saturated rings. The summed E-state index contributed by atoms with van der Waals surface area (Å²) in [6, 6.07) is 4.06. The summed E-state index contributed by atoms with van der Waals surface area (Å²) in [4.78, 5) is 4.21. The Balaban J connectivity index is 1.80. The molecule has 1 heterocycles. The second-order valence-corrected chi connectivity index (χ2v) is 4.20. The summed E-state index contributed by atoms with van der Waals surface area (Å²) in [5, 5.41) is 12.4. The highest BCUT2D eigenvalue weighted by Crippen LogP contribution is 2.14. The molecule has 0 atom stereocenters. The SMILES string of the molecule is Cn1ccnc1CCNCc1cc(O)cc(F)c1. The third-order valence-corrected chi connectivity index (χ3v) is 2.72. The highest BCUT2D eigenvalue weighted by Gasteiger charge is 2.01. The van der Waals surface area contributed by atoms with Crippen molar-refractivity contribution in [3.05, 3.63) is 47.8 Å². The number of phenols is 1. The molecule has 1 aromatic carbocycles. The monoisotopic (exact) mass is 249 g/mol. The molecule has 1 aromatic heterocycles. The van der Waals surface area contributed by atoms with Crippen LogP contribution in [0.1, 0.15) is 11.4 Å². The number of nitrogens with one attached hydrogen (secondary N) is 1. The molecule has 0 saturated heterocycles. The van der Waals surface area contributed by atoms with Gasteiger partial charge in [0.25, 0.3) is 0 Å². The van der Waals surface area contributed by atoms with Crippen LogP contribution in [-0.2, 0) is 20.0 Å². The highest BCUT2D eigenvalue weighted by atomic mass is 19.1. The fourth-order valence-electron chi connectivity index (χ4n) is 1.81. The minimum Gasteiger partial charge on any atom is -0.508 e. The van der Waals surface area contributed by atoms with Crippen molar-refractivity contribution in [2.45, 2.75) is 13.0 Å². The van der Waals surface area contributed by atoms with Crippen LogP contribution in [0.15, 0.2) is 30.6 Å². The number of nitrogens with zero attached hydrogens (tertiary/aromatic N) is 2. The normalized spacial score (nSPS) is 10.8. The fraction of sp³-hybridized carbons (Fsp3) is 0.308. The van der Waals surface area contributed by atoms with Gasteiger partial charge in [0.1, 0.15) is 17.4 Å². The summed E-state index contributed by atoms with van der Waals surface area (Å²) < 4.78 is 15.0. The third-order valence-electron chi connectivity index (χ3n) is 2.72. The summed E-state index contributed by atoms with van der Waals surface area (Å²) in [6.45, 7) is 1.28. The van der Waals surface area contributed by atoms with Crippen molar-refractivity contribution in [2.75, 3.05) is 6.54 Å². The molecule has 2 rings (SSSR count). The average molecular weight is 249 g/mol. The van der Waals surface area contributed by atoms with Crippen molar-refractivity contribution < 1.29 is 9.50 Å². The molecular weight excluding hydrogens is 233 g/mol. The Morgan fingerprint density at radius 3 is 2.89 bits per heavy atom. The zero-order chi connectivity index (χ0) is 13.0. The minimum absolute atomic E-state index is 0.0455. The standard InChI is InChI=1S/C13H16FN3O/c1-17-5-4-16-13(17)2-3-15-9-10-6-11(14)8-12(18)7-10/h4-8,15,18H,2-3,9H2,1H3. The molecule has 0 unspecified atom stereocenters. The molecule has 0 aliphatic carbocycles. The van der Waals surface area contributed by atoms with E-state index in [0.717, 1.165) is 30.4 Å². The Morgan fingerprint density at radius 1 is 1.39 bits per heavy atom. The predicted octanol–water partition coefficient (Wildman–Crippen LogP) is 1.60.